The molecule has 0 bridgehead atoms. The van der Waals surface area contributed by atoms with Gasteiger partial charge in [-0.3, -0.25) is 14.9 Å². The smallest absolute Gasteiger partial charge is 0.318 e. The Morgan fingerprint density at radius 3 is 2.41 bits per heavy atom. The molecule has 0 unspecified atom stereocenters. The molecular formula is C18H13N3O5S. The summed E-state index contributed by atoms with van der Waals surface area (Å²) in [4.78, 5) is 38.9. The third-order valence-corrected chi connectivity index (χ3v) is 4.36. The molecule has 0 fully saturated rings. The van der Waals surface area contributed by atoms with Crippen LogP contribution >= 0.6 is 11.8 Å². The van der Waals surface area contributed by atoms with Crippen molar-refractivity contribution in [1.29, 1.82) is 5.26 Å². The highest BCUT2D eigenvalue weighted by Crippen LogP contribution is 2.32. The van der Waals surface area contributed by atoms with Gasteiger partial charge in [-0.2, -0.15) is 5.26 Å². The highest BCUT2D eigenvalue weighted by molar-refractivity contribution is 7.99. The van der Waals surface area contributed by atoms with Gasteiger partial charge in [0.1, 0.15) is 11.8 Å². The number of nitro benzene ring substituents is 1. The lowest BCUT2D eigenvalue weighted by atomic mass is 10.1. The molecule has 0 saturated carbocycles. The molecule has 0 saturated heterocycles. The molecule has 0 aromatic heterocycles. The number of benzene rings is 2. The molecule has 2 aromatic carbocycles. The average molecular weight is 383 g/mol. The maximum absolute atomic E-state index is 12.2. The molecule has 0 aliphatic heterocycles. The highest BCUT2D eigenvalue weighted by Gasteiger charge is 2.13. The van der Waals surface area contributed by atoms with Crippen LogP contribution in [0.5, 0.6) is 0 Å². The topological polar surface area (TPSA) is 123 Å². The molecule has 0 aliphatic carbocycles. The second-order valence-corrected chi connectivity index (χ2v) is 6.38. The van der Waals surface area contributed by atoms with Crippen molar-refractivity contribution in [2.75, 3.05) is 0 Å². The van der Waals surface area contributed by atoms with Crippen molar-refractivity contribution in [3.63, 3.8) is 0 Å². The van der Waals surface area contributed by atoms with Gasteiger partial charge in [-0.05, 0) is 37.3 Å². The number of hydrogen-bond acceptors (Lipinski definition) is 8. The molecule has 0 amide bonds. The average Bonchev–Trinajstić information content (AvgIpc) is 2.66. The Morgan fingerprint density at radius 1 is 1.19 bits per heavy atom. The normalized spacial score (nSPS) is 10.8. The predicted octanol–water partition coefficient (Wildman–Crippen LogP) is 3.74. The van der Waals surface area contributed by atoms with Crippen LogP contribution in [0, 0.1) is 21.4 Å². The number of ketones is 1. The van der Waals surface area contributed by atoms with Gasteiger partial charge < -0.3 is 4.84 Å². The third kappa shape index (κ3) is 5.23. The fraction of sp³-hybridized carbons (Fsp3) is 0.111. The first kappa shape index (κ1) is 19.8. The first-order valence-electron chi connectivity index (χ1n) is 7.55. The Labute approximate surface area is 158 Å². The Kier molecular flexibility index (Phi) is 6.41. The lowest BCUT2D eigenvalue weighted by Crippen LogP contribution is -2.11. The first-order chi connectivity index (χ1) is 12.8. The van der Waals surface area contributed by atoms with E-state index in [4.69, 9.17) is 0 Å². The Bertz CT molecular complexity index is 977. The number of nitrogens with zero attached hydrogens (tertiary/aromatic N) is 3. The van der Waals surface area contributed by atoms with Gasteiger partial charge >= 0.3 is 5.97 Å². The van der Waals surface area contributed by atoms with Gasteiger partial charge in [0.2, 0.25) is 5.78 Å². The van der Waals surface area contributed by atoms with Gasteiger partial charge in [-0.1, -0.05) is 16.9 Å². The maximum atomic E-state index is 12.2. The molecule has 0 atom stereocenters. The van der Waals surface area contributed by atoms with E-state index < -0.39 is 10.9 Å². The van der Waals surface area contributed by atoms with E-state index in [1.807, 2.05) is 6.07 Å². The number of non-ortho nitro benzene ring substituents is 1. The molecule has 0 heterocycles. The Balaban J connectivity index is 2.18. The molecular weight excluding hydrogens is 370 g/mol. The third-order valence-electron chi connectivity index (χ3n) is 3.28. The quantitative estimate of drug-likeness (QED) is 0.245. The second kappa shape index (κ2) is 8.73. The summed E-state index contributed by atoms with van der Waals surface area (Å²) in [6.07, 6.45) is 0. The van der Waals surface area contributed by atoms with E-state index in [1.165, 1.54) is 43.8 Å². The van der Waals surface area contributed by atoms with Crippen molar-refractivity contribution in [2.45, 2.75) is 23.6 Å². The zero-order valence-corrected chi connectivity index (χ0v) is 15.1. The summed E-state index contributed by atoms with van der Waals surface area (Å²) in [5.41, 5.74) is 0.433. The number of carbonyl (C=O) groups is 2. The van der Waals surface area contributed by atoms with Gasteiger partial charge in [0, 0.05) is 34.4 Å². The van der Waals surface area contributed by atoms with Crippen LogP contribution in [0.3, 0.4) is 0 Å². The van der Waals surface area contributed by atoms with Crippen LogP contribution in [0.4, 0.5) is 5.69 Å². The zero-order valence-electron chi connectivity index (χ0n) is 14.3. The van der Waals surface area contributed by atoms with Gasteiger partial charge in [0.15, 0.2) is 0 Å². The lowest BCUT2D eigenvalue weighted by molar-refractivity contribution is -0.384. The van der Waals surface area contributed by atoms with Crippen molar-refractivity contribution in [1.82, 2.24) is 0 Å². The minimum atomic E-state index is -0.620. The van der Waals surface area contributed by atoms with Crippen LogP contribution in [-0.4, -0.2) is 22.4 Å². The van der Waals surface area contributed by atoms with Gasteiger partial charge in [0.05, 0.1) is 10.5 Å². The summed E-state index contributed by atoms with van der Waals surface area (Å²) in [5, 5.41) is 23.4. The van der Waals surface area contributed by atoms with Crippen LogP contribution in [0.25, 0.3) is 0 Å². The number of Topliss-reactive ketones (excluding diaryl/α,β-unsaturated/α-hetero) is 1. The number of oxime groups is 1. The zero-order chi connectivity index (χ0) is 20.0. The molecule has 136 valence electrons. The van der Waals surface area contributed by atoms with Crippen LogP contribution in [0.1, 0.15) is 29.8 Å². The van der Waals surface area contributed by atoms with Gasteiger partial charge in [-0.15, -0.1) is 0 Å². The molecule has 0 radical (unpaired) electrons. The monoisotopic (exact) mass is 383 g/mol. The van der Waals surface area contributed by atoms with E-state index in [0.717, 1.165) is 4.90 Å². The maximum Gasteiger partial charge on any atom is 0.331 e. The summed E-state index contributed by atoms with van der Waals surface area (Å²) in [6.45, 7) is 2.62. The fourth-order valence-corrected chi connectivity index (χ4v) is 2.87. The van der Waals surface area contributed by atoms with Crippen LogP contribution in [0.15, 0.2) is 57.4 Å². The Morgan fingerprint density at radius 2 is 1.85 bits per heavy atom. The minimum Gasteiger partial charge on any atom is -0.318 e. The van der Waals surface area contributed by atoms with E-state index >= 15 is 0 Å². The molecule has 0 N–H and O–H groups in total. The summed E-state index contributed by atoms with van der Waals surface area (Å²) in [5.74, 6) is -1.01. The largest absolute Gasteiger partial charge is 0.331 e. The van der Waals surface area contributed by atoms with E-state index in [-0.39, 0.29) is 22.7 Å². The fourth-order valence-electron chi connectivity index (χ4n) is 1.99. The summed E-state index contributed by atoms with van der Waals surface area (Å²) < 4.78 is 0. The van der Waals surface area contributed by atoms with Crippen LogP contribution in [0.2, 0.25) is 0 Å². The summed E-state index contributed by atoms with van der Waals surface area (Å²) in [6, 6.07) is 12.5. The minimum absolute atomic E-state index is 0.0349. The number of rotatable bonds is 6. The standard InChI is InChI=1S/C18H13N3O5S/c1-11(20-26-12(2)22)18(23)13-3-6-16(7-4-13)27-17-8-5-15(21(24)25)9-14(17)10-19/h3-9H,1-2H3/b20-11+. The van der Waals surface area contributed by atoms with Crippen molar-refractivity contribution in [3.05, 3.63) is 63.7 Å². The van der Waals surface area contributed by atoms with Crippen molar-refractivity contribution in [2.24, 2.45) is 5.16 Å². The van der Waals surface area contributed by atoms with E-state index in [1.54, 1.807) is 24.3 Å². The predicted molar refractivity (Wildman–Crippen MR) is 97.6 cm³/mol. The van der Waals surface area contributed by atoms with E-state index in [0.29, 0.717) is 10.5 Å². The molecule has 8 nitrogen and oxygen atoms in total. The molecule has 0 aliphatic rings. The molecule has 0 spiro atoms. The number of carbonyl (C=O) groups excluding carboxylic acids is 2. The van der Waals surface area contributed by atoms with Gasteiger partial charge in [0.25, 0.3) is 5.69 Å². The second-order valence-electron chi connectivity index (χ2n) is 5.26. The molecule has 2 rings (SSSR count). The summed E-state index contributed by atoms with van der Waals surface area (Å²) >= 11 is 1.25. The number of nitro groups is 1. The van der Waals surface area contributed by atoms with Gasteiger partial charge in [-0.25, -0.2) is 4.79 Å². The highest BCUT2D eigenvalue weighted by atomic mass is 32.2. The molecule has 2 aromatic rings. The lowest BCUT2D eigenvalue weighted by Gasteiger charge is -2.05. The van der Waals surface area contributed by atoms with Crippen LogP contribution < -0.4 is 0 Å². The van der Waals surface area contributed by atoms with Crippen LogP contribution in [-0.2, 0) is 9.63 Å². The molecule has 9 heteroatoms. The van der Waals surface area contributed by atoms with E-state index in [9.17, 15) is 25.0 Å². The molecule has 27 heavy (non-hydrogen) atoms. The number of nitriles is 1. The van der Waals surface area contributed by atoms with Crippen molar-refractivity contribution < 1.29 is 19.3 Å². The van der Waals surface area contributed by atoms with Crippen molar-refractivity contribution in [3.8, 4) is 6.07 Å². The first-order valence-corrected chi connectivity index (χ1v) is 8.37. The van der Waals surface area contributed by atoms with Crippen molar-refractivity contribution >= 4 is 34.9 Å². The summed E-state index contributed by atoms with van der Waals surface area (Å²) in [7, 11) is 0. The SMILES string of the molecule is CC(=O)O/N=C(\C)C(=O)c1ccc(Sc2ccc([N+](=O)[O-])cc2C#N)cc1. The van der Waals surface area contributed by atoms with E-state index in [2.05, 4.69) is 9.99 Å². The Hall–Kier alpha value is -3.51. The number of hydrogen-bond donors (Lipinski definition) is 0.